The smallest absolute Gasteiger partial charge is 0.226 e. The Morgan fingerprint density at radius 2 is 1.70 bits per heavy atom. The van der Waals surface area contributed by atoms with Crippen molar-refractivity contribution < 1.29 is 13.2 Å². The third-order valence-corrected chi connectivity index (χ3v) is 7.14. The van der Waals surface area contributed by atoms with E-state index in [0.29, 0.717) is 22.0 Å². The number of rotatable bonds is 4. The molecule has 1 aliphatic heterocycles. The summed E-state index contributed by atoms with van der Waals surface area (Å²) in [5, 5.41) is 12.5. The molecule has 1 aromatic heterocycles. The highest BCUT2D eigenvalue weighted by Crippen LogP contribution is 2.32. The molecule has 2 heterocycles. The van der Waals surface area contributed by atoms with Crippen LogP contribution in [-0.2, 0) is 9.84 Å². The molecular formula is C22H22ClN3O3S. The summed E-state index contributed by atoms with van der Waals surface area (Å²) in [5.74, 6) is 0.667. The van der Waals surface area contributed by atoms with E-state index >= 15 is 0 Å². The molecule has 1 aliphatic rings. The number of hydrogen-bond donors (Lipinski definition) is 2. The Hall–Kier alpha value is -2.61. The molecule has 0 saturated carbocycles. The molecule has 156 valence electrons. The van der Waals surface area contributed by atoms with Crippen molar-refractivity contribution in [3.63, 3.8) is 0 Å². The van der Waals surface area contributed by atoms with Crippen molar-refractivity contribution in [2.45, 2.75) is 28.9 Å². The van der Waals surface area contributed by atoms with E-state index in [4.69, 9.17) is 4.74 Å². The second-order valence-corrected chi connectivity index (χ2v) is 9.12. The van der Waals surface area contributed by atoms with Gasteiger partial charge in [0.1, 0.15) is 11.9 Å². The van der Waals surface area contributed by atoms with Gasteiger partial charge in [-0.3, -0.25) is 5.10 Å². The maximum Gasteiger partial charge on any atom is 0.226 e. The van der Waals surface area contributed by atoms with Gasteiger partial charge in [0.15, 0.2) is 5.03 Å². The third kappa shape index (κ3) is 3.64. The average Bonchev–Trinajstić information content (AvgIpc) is 3.18. The topological polar surface area (TPSA) is 84.1 Å². The Labute approximate surface area is 181 Å². The van der Waals surface area contributed by atoms with Crippen molar-refractivity contribution in [2.75, 3.05) is 13.1 Å². The minimum Gasteiger partial charge on any atom is -0.490 e. The van der Waals surface area contributed by atoms with Gasteiger partial charge in [-0.25, -0.2) is 8.42 Å². The number of piperidine rings is 1. The number of aromatic amines is 1. The van der Waals surface area contributed by atoms with Crippen LogP contribution in [0, 0.1) is 0 Å². The molecule has 4 aromatic rings. The summed E-state index contributed by atoms with van der Waals surface area (Å²) in [6, 6.07) is 18.2. The van der Waals surface area contributed by atoms with Crippen LogP contribution in [0.1, 0.15) is 12.8 Å². The predicted molar refractivity (Wildman–Crippen MR) is 119 cm³/mol. The van der Waals surface area contributed by atoms with E-state index in [1.165, 1.54) is 0 Å². The molecule has 0 radical (unpaired) electrons. The number of halogens is 1. The summed E-state index contributed by atoms with van der Waals surface area (Å²) in [4.78, 5) is 0.258. The zero-order valence-corrected chi connectivity index (χ0v) is 17.8. The van der Waals surface area contributed by atoms with Crippen LogP contribution in [0.4, 0.5) is 0 Å². The number of aromatic nitrogens is 2. The van der Waals surface area contributed by atoms with Gasteiger partial charge in [-0.05, 0) is 55.6 Å². The van der Waals surface area contributed by atoms with E-state index in [2.05, 4.69) is 15.5 Å². The summed E-state index contributed by atoms with van der Waals surface area (Å²) in [6.45, 7) is 1.86. The SMILES string of the molecule is Cl.O=S(=O)(c1cccc2ccccc12)c1n[nH]c2ccc(OC3CCNCC3)cc12. The molecule has 5 rings (SSSR count). The van der Waals surface area contributed by atoms with E-state index in [9.17, 15) is 8.42 Å². The number of benzene rings is 3. The fourth-order valence-electron chi connectivity index (χ4n) is 3.89. The molecular weight excluding hydrogens is 422 g/mol. The van der Waals surface area contributed by atoms with Crippen molar-refractivity contribution in [1.29, 1.82) is 0 Å². The zero-order chi connectivity index (χ0) is 19.8. The van der Waals surface area contributed by atoms with Gasteiger partial charge in [0.25, 0.3) is 0 Å². The highest BCUT2D eigenvalue weighted by atomic mass is 35.5. The molecule has 1 saturated heterocycles. The van der Waals surface area contributed by atoms with E-state index in [0.717, 1.165) is 31.3 Å². The van der Waals surface area contributed by atoms with Crippen LogP contribution in [0.15, 0.2) is 70.6 Å². The first-order valence-electron chi connectivity index (χ1n) is 9.71. The minimum absolute atomic E-state index is 0. The van der Waals surface area contributed by atoms with Gasteiger partial charge >= 0.3 is 0 Å². The van der Waals surface area contributed by atoms with Gasteiger partial charge in [0.05, 0.1) is 10.4 Å². The van der Waals surface area contributed by atoms with Crippen molar-refractivity contribution in [1.82, 2.24) is 15.5 Å². The molecule has 6 nitrogen and oxygen atoms in total. The Bertz CT molecular complexity index is 1290. The molecule has 0 aliphatic carbocycles. The van der Waals surface area contributed by atoms with E-state index in [1.807, 2.05) is 42.5 Å². The van der Waals surface area contributed by atoms with Gasteiger partial charge in [0.2, 0.25) is 9.84 Å². The number of sulfone groups is 1. The first-order valence-corrected chi connectivity index (χ1v) is 11.2. The summed E-state index contributed by atoms with van der Waals surface area (Å²) in [7, 11) is -3.81. The summed E-state index contributed by atoms with van der Waals surface area (Å²) in [5.41, 5.74) is 0.668. The molecule has 0 bridgehead atoms. The first-order chi connectivity index (χ1) is 14.1. The van der Waals surface area contributed by atoms with Gasteiger partial charge in [-0.2, -0.15) is 5.10 Å². The quantitative estimate of drug-likeness (QED) is 0.496. The van der Waals surface area contributed by atoms with Crippen LogP contribution in [0.2, 0.25) is 0 Å². The fraction of sp³-hybridized carbons (Fsp3) is 0.227. The second kappa shape index (κ2) is 8.26. The summed E-state index contributed by atoms with van der Waals surface area (Å²) >= 11 is 0. The number of hydrogen-bond acceptors (Lipinski definition) is 5. The number of nitrogens with one attached hydrogen (secondary N) is 2. The maximum atomic E-state index is 13.5. The van der Waals surface area contributed by atoms with Crippen LogP contribution in [0.25, 0.3) is 21.7 Å². The lowest BCUT2D eigenvalue weighted by Crippen LogP contribution is -2.34. The summed E-state index contributed by atoms with van der Waals surface area (Å²) < 4.78 is 33.1. The summed E-state index contributed by atoms with van der Waals surface area (Å²) in [6.07, 6.45) is 2.01. The molecule has 0 spiro atoms. The Balaban J connectivity index is 0.00000218. The van der Waals surface area contributed by atoms with Crippen LogP contribution in [0.5, 0.6) is 5.75 Å². The minimum atomic E-state index is -3.81. The van der Waals surface area contributed by atoms with Crippen LogP contribution >= 0.6 is 12.4 Å². The third-order valence-electron chi connectivity index (χ3n) is 5.38. The van der Waals surface area contributed by atoms with Crippen LogP contribution < -0.4 is 10.1 Å². The van der Waals surface area contributed by atoms with E-state index < -0.39 is 9.84 Å². The van der Waals surface area contributed by atoms with Gasteiger partial charge < -0.3 is 10.1 Å². The first kappa shape index (κ1) is 20.7. The highest BCUT2D eigenvalue weighted by Gasteiger charge is 2.26. The number of ether oxygens (including phenoxy) is 1. The second-order valence-electron chi connectivity index (χ2n) is 7.28. The molecule has 1 fully saturated rings. The molecule has 8 heteroatoms. The van der Waals surface area contributed by atoms with Crippen LogP contribution in [-0.4, -0.2) is 37.8 Å². The normalized spacial score (nSPS) is 15.2. The molecule has 2 N–H and O–H groups in total. The lowest BCUT2D eigenvalue weighted by Gasteiger charge is -2.23. The Morgan fingerprint density at radius 3 is 2.53 bits per heavy atom. The number of H-pyrrole nitrogens is 1. The van der Waals surface area contributed by atoms with Crippen molar-refractivity contribution >= 4 is 43.9 Å². The average molecular weight is 444 g/mol. The standard InChI is InChI=1S/C22H21N3O3S.ClH/c26-29(27,21-7-3-5-15-4-1-2-6-18(15)21)22-19-14-17(8-9-20(19)24-25-22)28-16-10-12-23-13-11-16;/h1-9,14,16,23H,10-13H2,(H,24,25);1H. The largest absolute Gasteiger partial charge is 0.490 e. The van der Waals surface area contributed by atoms with Gasteiger partial charge in [-0.1, -0.05) is 36.4 Å². The highest BCUT2D eigenvalue weighted by molar-refractivity contribution is 7.91. The van der Waals surface area contributed by atoms with Crippen molar-refractivity contribution in [2.24, 2.45) is 0 Å². The van der Waals surface area contributed by atoms with E-state index in [-0.39, 0.29) is 28.4 Å². The Morgan fingerprint density at radius 1 is 0.933 bits per heavy atom. The molecule has 30 heavy (non-hydrogen) atoms. The lowest BCUT2D eigenvalue weighted by molar-refractivity contribution is 0.162. The monoisotopic (exact) mass is 443 g/mol. The zero-order valence-electron chi connectivity index (χ0n) is 16.2. The number of fused-ring (bicyclic) bond motifs is 2. The lowest BCUT2D eigenvalue weighted by atomic mass is 10.1. The van der Waals surface area contributed by atoms with Gasteiger partial charge in [0, 0.05) is 10.8 Å². The van der Waals surface area contributed by atoms with Gasteiger partial charge in [-0.15, -0.1) is 12.4 Å². The molecule has 3 aromatic carbocycles. The maximum absolute atomic E-state index is 13.5. The molecule has 0 amide bonds. The predicted octanol–water partition coefficient (Wildman–Crippen LogP) is 4.10. The van der Waals surface area contributed by atoms with Crippen LogP contribution in [0.3, 0.4) is 0 Å². The molecule has 0 unspecified atom stereocenters. The fourth-order valence-corrected chi connectivity index (χ4v) is 5.45. The van der Waals surface area contributed by atoms with E-state index in [1.54, 1.807) is 18.2 Å². The van der Waals surface area contributed by atoms with Crippen molar-refractivity contribution in [3.8, 4) is 5.75 Å². The Kier molecular flexibility index (Phi) is 5.69. The number of nitrogens with zero attached hydrogens (tertiary/aromatic N) is 1. The van der Waals surface area contributed by atoms with Crippen molar-refractivity contribution in [3.05, 3.63) is 60.7 Å². The molecule has 0 atom stereocenters.